The van der Waals surface area contributed by atoms with Crippen LogP contribution in [0.1, 0.15) is 33.5 Å². The first-order chi connectivity index (χ1) is 14.8. The molecule has 0 unspecified atom stereocenters. The first-order valence-corrected chi connectivity index (χ1v) is 11.9. The van der Waals surface area contributed by atoms with Gasteiger partial charge in [0.2, 0.25) is 0 Å². The Morgan fingerprint density at radius 3 is 2.45 bits per heavy atom. The second-order valence-corrected chi connectivity index (χ2v) is 9.95. The Bertz CT molecular complexity index is 1210. The molecule has 3 aromatic rings. The summed E-state index contributed by atoms with van der Waals surface area (Å²) >= 11 is 5.90. The number of hydrogen-bond acceptors (Lipinski definition) is 3. The van der Waals surface area contributed by atoms with Crippen LogP contribution in [0.5, 0.6) is 0 Å². The largest absolute Gasteiger partial charge is 0.348 e. The molecule has 0 bridgehead atoms. The number of sulfonamides is 1. The van der Waals surface area contributed by atoms with Gasteiger partial charge in [0.05, 0.1) is 10.6 Å². The van der Waals surface area contributed by atoms with E-state index in [9.17, 15) is 13.2 Å². The number of carbonyl (C=O) groups excluding carboxylic acids is 1. The Hall–Kier alpha value is -2.83. The van der Waals surface area contributed by atoms with Crippen molar-refractivity contribution in [2.45, 2.75) is 31.2 Å². The highest BCUT2D eigenvalue weighted by atomic mass is 35.5. The van der Waals surface area contributed by atoms with E-state index in [0.29, 0.717) is 35.8 Å². The monoisotopic (exact) mass is 454 g/mol. The van der Waals surface area contributed by atoms with Crippen LogP contribution in [0.25, 0.3) is 0 Å². The summed E-state index contributed by atoms with van der Waals surface area (Å²) in [6, 6.07) is 19.4. The van der Waals surface area contributed by atoms with E-state index in [2.05, 4.69) is 5.32 Å². The molecule has 0 atom stereocenters. The molecule has 160 valence electrons. The van der Waals surface area contributed by atoms with Gasteiger partial charge in [-0.15, -0.1) is 0 Å². The van der Waals surface area contributed by atoms with Crippen molar-refractivity contribution < 1.29 is 13.2 Å². The zero-order chi connectivity index (χ0) is 22.0. The average Bonchev–Trinajstić information content (AvgIpc) is 2.78. The quantitative estimate of drug-likeness (QED) is 0.606. The SMILES string of the molecule is Cc1ccc(CNC(=O)c2ccc3c(c2)CCCN3S(=O)(=O)c2ccc(Cl)cc2)cc1. The van der Waals surface area contributed by atoms with Crippen LogP contribution in [0.15, 0.2) is 71.6 Å². The Kier molecular flexibility index (Phi) is 6.03. The minimum atomic E-state index is -3.70. The van der Waals surface area contributed by atoms with Crippen molar-refractivity contribution in [3.05, 3.63) is 94.0 Å². The van der Waals surface area contributed by atoms with Gasteiger partial charge in [-0.2, -0.15) is 0 Å². The first-order valence-electron chi connectivity index (χ1n) is 10.1. The van der Waals surface area contributed by atoms with Gasteiger partial charge in [0.1, 0.15) is 0 Å². The molecule has 7 heteroatoms. The number of halogens is 1. The third kappa shape index (κ3) is 4.60. The normalized spacial score (nSPS) is 13.5. The number of carbonyl (C=O) groups is 1. The summed E-state index contributed by atoms with van der Waals surface area (Å²) in [7, 11) is -3.70. The number of rotatable bonds is 5. The van der Waals surface area contributed by atoms with Crippen LogP contribution < -0.4 is 9.62 Å². The zero-order valence-corrected chi connectivity index (χ0v) is 18.7. The molecule has 0 fully saturated rings. The summed E-state index contributed by atoms with van der Waals surface area (Å²) in [6.07, 6.45) is 1.41. The molecule has 1 heterocycles. The van der Waals surface area contributed by atoms with Crippen molar-refractivity contribution in [3.8, 4) is 0 Å². The lowest BCUT2D eigenvalue weighted by atomic mass is 10.0. The van der Waals surface area contributed by atoms with E-state index in [4.69, 9.17) is 11.6 Å². The number of hydrogen-bond donors (Lipinski definition) is 1. The Morgan fingerprint density at radius 2 is 1.74 bits per heavy atom. The molecule has 0 aliphatic carbocycles. The third-order valence-corrected chi connectivity index (χ3v) is 7.47. The molecule has 1 amide bonds. The minimum Gasteiger partial charge on any atom is -0.348 e. The third-order valence-electron chi connectivity index (χ3n) is 5.39. The minimum absolute atomic E-state index is 0.180. The molecule has 31 heavy (non-hydrogen) atoms. The van der Waals surface area contributed by atoms with Crippen LogP contribution in [-0.4, -0.2) is 20.9 Å². The van der Waals surface area contributed by atoms with Gasteiger partial charge in [0.25, 0.3) is 15.9 Å². The lowest BCUT2D eigenvalue weighted by Crippen LogP contribution is -2.35. The lowest BCUT2D eigenvalue weighted by molar-refractivity contribution is 0.0951. The van der Waals surface area contributed by atoms with E-state index in [1.807, 2.05) is 31.2 Å². The van der Waals surface area contributed by atoms with Crippen molar-refractivity contribution in [2.75, 3.05) is 10.8 Å². The number of fused-ring (bicyclic) bond motifs is 1. The van der Waals surface area contributed by atoms with Gasteiger partial charge < -0.3 is 5.32 Å². The summed E-state index contributed by atoms with van der Waals surface area (Å²) in [5, 5.41) is 3.42. The van der Waals surface area contributed by atoms with Crippen molar-refractivity contribution in [1.29, 1.82) is 0 Å². The van der Waals surface area contributed by atoms with E-state index in [-0.39, 0.29) is 10.8 Å². The van der Waals surface area contributed by atoms with Crippen molar-refractivity contribution in [3.63, 3.8) is 0 Å². The lowest BCUT2D eigenvalue weighted by Gasteiger charge is -2.30. The van der Waals surface area contributed by atoms with Crippen LogP contribution in [0.2, 0.25) is 5.02 Å². The van der Waals surface area contributed by atoms with Crippen LogP contribution in [0.4, 0.5) is 5.69 Å². The summed E-state index contributed by atoms with van der Waals surface area (Å²) in [5.41, 5.74) is 4.19. The van der Waals surface area contributed by atoms with Gasteiger partial charge in [-0.1, -0.05) is 41.4 Å². The molecule has 1 N–H and O–H groups in total. The fourth-order valence-corrected chi connectivity index (χ4v) is 5.34. The fraction of sp³-hybridized carbons (Fsp3) is 0.208. The van der Waals surface area contributed by atoms with Crippen molar-refractivity contribution in [1.82, 2.24) is 5.32 Å². The highest BCUT2D eigenvalue weighted by Gasteiger charge is 2.29. The van der Waals surface area contributed by atoms with Gasteiger partial charge in [0, 0.05) is 23.7 Å². The maximum atomic E-state index is 13.2. The Labute approximate surface area is 187 Å². The van der Waals surface area contributed by atoms with Crippen LogP contribution in [0.3, 0.4) is 0 Å². The molecule has 1 aliphatic heterocycles. The van der Waals surface area contributed by atoms with Crippen LogP contribution in [-0.2, 0) is 23.0 Å². The van der Waals surface area contributed by atoms with E-state index in [0.717, 1.165) is 17.5 Å². The number of aryl methyl sites for hydroxylation is 2. The molecule has 0 spiro atoms. The van der Waals surface area contributed by atoms with Crippen molar-refractivity contribution in [2.24, 2.45) is 0 Å². The Balaban J connectivity index is 1.54. The van der Waals surface area contributed by atoms with Gasteiger partial charge in [0.15, 0.2) is 0 Å². The van der Waals surface area contributed by atoms with E-state index >= 15 is 0 Å². The van der Waals surface area contributed by atoms with Gasteiger partial charge in [-0.05, 0) is 73.4 Å². The predicted molar refractivity (Wildman–Crippen MR) is 123 cm³/mol. The summed E-state index contributed by atoms with van der Waals surface area (Å²) < 4.78 is 27.8. The molecule has 0 saturated heterocycles. The molecular formula is C24H23ClN2O3S. The molecule has 0 radical (unpaired) electrons. The summed E-state index contributed by atoms with van der Waals surface area (Å²) in [6.45, 7) is 2.86. The topological polar surface area (TPSA) is 66.5 Å². The van der Waals surface area contributed by atoms with E-state index < -0.39 is 10.0 Å². The van der Waals surface area contributed by atoms with Gasteiger partial charge in [-0.25, -0.2) is 8.42 Å². The van der Waals surface area contributed by atoms with Crippen LogP contribution in [0, 0.1) is 6.92 Å². The zero-order valence-electron chi connectivity index (χ0n) is 17.1. The first kappa shape index (κ1) is 21.4. The molecule has 5 nitrogen and oxygen atoms in total. The maximum Gasteiger partial charge on any atom is 0.264 e. The molecule has 0 saturated carbocycles. The molecule has 4 rings (SSSR count). The van der Waals surface area contributed by atoms with Crippen molar-refractivity contribution >= 4 is 33.2 Å². The fourth-order valence-electron chi connectivity index (χ4n) is 3.68. The second kappa shape index (κ2) is 8.73. The second-order valence-electron chi connectivity index (χ2n) is 7.65. The van der Waals surface area contributed by atoms with E-state index in [1.165, 1.54) is 22.0 Å². The number of anilines is 1. The predicted octanol–water partition coefficient (Wildman–Crippen LogP) is 4.72. The molecule has 1 aliphatic rings. The molecule has 0 aromatic heterocycles. The molecular weight excluding hydrogens is 432 g/mol. The number of benzene rings is 3. The summed E-state index contributed by atoms with van der Waals surface area (Å²) in [4.78, 5) is 12.8. The van der Waals surface area contributed by atoms with Gasteiger partial charge >= 0.3 is 0 Å². The summed E-state index contributed by atoms with van der Waals surface area (Å²) in [5.74, 6) is -0.180. The van der Waals surface area contributed by atoms with E-state index in [1.54, 1.807) is 30.3 Å². The number of nitrogens with zero attached hydrogens (tertiary/aromatic N) is 1. The smallest absolute Gasteiger partial charge is 0.264 e. The Morgan fingerprint density at radius 1 is 1.03 bits per heavy atom. The number of amides is 1. The molecule has 3 aromatic carbocycles. The maximum absolute atomic E-state index is 13.2. The van der Waals surface area contributed by atoms with Crippen LogP contribution >= 0.6 is 11.6 Å². The average molecular weight is 455 g/mol. The highest BCUT2D eigenvalue weighted by molar-refractivity contribution is 7.92. The van der Waals surface area contributed by atoms with Gasteiger partial charge in [-0.3, -0.25) is 9.10 Å². The standard InChI is InChI=1S/C24H23ClN2O3S/c1-17-4-6-18(7-5-17)16-26-24(28)20-8-13-23-19(15-20)3-2-14-27(23)31(29,30)22-11-9-21(25)10-12-22/h4-13,15H,2-3,14,16H2,1H3,(H,26,28). The highest BCUT2D eigenvalue weighted by Crippen LogP contribution is 2.33. The number of nitrogens with one attached hydrogen (secondary N) is 1.